The topological polar surface area (TPSA) is 98.7 Å². The number of amides is 3. The zero-order valence-corrected chi connectivity index (χ0v) is 22.5. The maximum atomic E-state index is 14.0. The third kappa shape index (κ3) is 3.88. The van der Waals surface area contributed by atoms with Crippen molar-refractivity contribution in [2.24, 2.45) is 11.8 Å². The van der Waals surface area contributed by atoms with Gasteiger partial charge in [0.15, 0.2) is 0 Å². The number of para-hydroxylation sites is 1. The van der Waals surface area contributed by atoms with E-state index in [4.69, 9.17) is 0 Å². The Morgan fingerprint density at radius 1 is 1.26 bits per heavy atom. The van der Waals surface area contributed by atoms with Crippen molar-refractivity contribution in [1.82, 2.24) is 10.2 Å². The Labute approximate surface area is 213 Å². The van der Waals surface area contributed by atoms with Gasteiger partial charge in [-0.3, -0.25) is 14.4 Å². The lowest BCUT2D eigenvalue weighted by Crippen LogP contribution is -2.55. The van der Waals surface area contributed by atoms with Crippen LogP contribution in [-0.2, 0) is 14.4 Å². The molecule has 9 heteroatoms. The van der Waals surface area contributed by atoms with E-state index in [2.05, 4.69) is 26.6 Å². The van der Waals surface area contributed by atoms with Gasteiger partial charge >= 0.3 is 0 Å². The molecule has 3 amide bonds. The van der Waals surface area contributed by atoms with E-state index in [0.717, 1.165) is 23.2 Å². The number of carbonyl (C=O) groups is 3. The van der Waals surface area contributed by atoms with Crippen molar-refractivity contribution in [3.05, 3.63) is 29.3 Å². The Morgan fingerprint density at radius 3 is 2.53 bits per heavy atom. The van der Waals surface area contributed by atoms with E-state index in [-0.39, 0.29) is 34.4 Å². The number of likely N-dealkylation sites (tertiary alicyclic amines) is 1. The van der Waals surface area contributed by atoms with Gasteiger partial charge in [0.05, 0.1) is 29.2 Å². The molecule has 3 N–H and O–H groups in total. The minimum atomic E-state index is -0.764. The maximum Gasteiger partial charge on any atom is 0.248 e. The van der Waals surface area contributed by atoms with E-state index in [0.29, 0.717) is 19.4 Å². The first-order chi connectivity index (χ1) is 16.2. The van der Waals surface area contributed by atoms with Crippen LogP contribution in [-0.4, -0.2) is 67.8 Å². The highest BCUT2D eigenvalue weighted by molar-refractivity contribution is 9.09. The highest BCUT2D eigenvalue weighted by atomic mass is 79.9. The van der Waals surface area contributed by atoms with Crippen molar-refractivity contribution in [3.8, 4) is 0 Å². The second-order valence-electron chi connectivity index (χ2n) is 9.70. The molecule has 3 unspecified atom stereocenters. The number of carbonyl (C=O) groups excluding carboxylic acids is 3. The van der Waals surface area contributed by atoms with Gasteiger partial charge < -0.3 is 20.6 Å². The Hall–Kier alpha value is -1.58. The maximum absolute atomic E-state index is 14.0. The second-order valence-corrected chi connectivity index (χ2v) is 12.4. The van der Waals surface area contributed by atoms with Crippen LogP contribution in [0.1, 0.15) is 44.2 Å². The van der Waals surface area contributed by atoms with E-state index in [1.54, 1.807) is 16.7 Å². The fraction of sp³-hybridized carbons (Fsp3) is 0.640. The van der Waals surface area contributed by atoms with Gasteiger partial charge in [-0.25, -0.2) is 0 Å². The quantitative estimate of drug-likeness (QED) is 0.431. The number of halogens is 1. The van der Waals surface area contributed by atoms with E-state index in [9.17, 15) is 19.5 Å². The van der Waals surface area contributed by atoms with Gasteiger partial charge in [-0.05, 0) is 44.2 Å². The summed E-state index contributed by atoms with van der Waals surface area (Å²) >= 11 is 5.39. The van der Waals surface area contributed by atoms with Crippen molar-refractivity contribution in [2.45, 2.75) is 73.9 Å². The number of benzene rings is 1. The van der Waals surface area contributed by atoms with Gasteiger partial charge in [-0.1, -0.05) is 48.0 Å². The Kier molecular flexibility index (Phi) is 7.37. The number of aryl methyl sites for hydroxylation is 2. The number of hydrogen-bond donors (Lipinski definition) is 3. The average Bonchev–Trinajstić information content (AvgIpc) is 3.39. The van der Waals surface area contributed by atoms with Crippen LogP contribution in [0.2, 0.25) is 0 Å². The Balaban J connectivity index is 1.77. The molecule has 186 valence electrons. The number of thioether (sulfide) groups is 1. The summed E-state index contributed by atoms with van der Waals surface area (Å²) in [5.74, 6) is -1.63. The number of nitrogens with one attached hydrogen (secondary N) is 2. The number of alkyl halides is 1. The SMILES string of the molecule is CCCNC(=O)[C@H]1[C@H]2C(=O)N([C@@H](CC)CO)C(C(=O)Nc3c(C)cccc3C)C23CC(Br)[C@@H]1S3. The zero-order valence-electron chi connectivity index (χ0n) is 20.1. The molecule has 3 heterocycles. The molecule has 0 saturated carbocycles. The standard InChI is InChI=1S/C25H34BrN3O4S/c1-5-10-27-22(31)17-18-24(33)29(15(6-2)12-30)21(25(18)11-16(26)20(17)34-25)23(32)28-19-13(3)8-7-9-14(19)4/h7-9,15-18,20-21,30H,5-6,10-12H2,1-4H3,(H,27,31)(H,28,32)/t15-,16?,17-,18-,20-,21?,25?/m0/s1. The lowest BCUT2D eigenvalue weighted by molar-refractivity contribution is -0.142. The van der Waals surface area contributed by atoms with Gasteiger partial charge in [0.2, 0.25) is 17.7 Å². The minimum Gasteiger partial charge on any atom is -0.394 e. The molecule has 7 nitrogen and oxygen atoms in total. The monoisotopic (exact) mass is 551 g/mol. The summed E-state index contributed by atoms with van der Waals surface area (Å²) < 4.78 is -0.715. The van der Waals surface area contributed by atoms with E-state index < -0.39 is 28.7 Å². The molecule has 1 spiro atoms. The van der Waals surface area contributed by atoms with Crippen LogP contribution in [0.25, 0.3) is 0 Å². The van der Waals surface area contributed by atoms with Crippen LogP contribution in [0.15, 0.2) is 18.2 Å². The zero-order chi connectivity index (χ0) is 24.8. The van der Waals surface area contributed by atoms with Gasteiger partial charge in [0.25, 0.3) is 0 Å². The highest BCUT2D eigenvalue weighted by Gasteiger charge is 2.76. The smallest absolute Gasteiger partial charge is 0.248 e. The fourth-order valence-corrected chi connectivity index (χ4v) is 9.64. The molecule has 3 aliphatic heterocycles. The Bertz CT molecular complexity index is 967. The van der Waals surface area contributed by atoms with Gasteiger partial charge in [-0.2, -0.15) is 0 Å². The van der Waals surface area contributed by atoms with E-state index in [1.165, 1.54) is 0 Å². The summed E-state index contributed by atoms with van der Waals surface area (Å²) in [7, 11) is 0. The van der Waals surface area contributed by atoms with Gasteiger partial charge in [-0.15, -0.1) is 11.8 Å². The molecule has 0 radical (unpaired) electrons. The largest absolute Gasteiger partial charge is 0.394 e. The van der Waals surface area contributed by atoms with E-state index in [1.807, 2.05) is 45.9 Å². The van der Waals surface area contributed by atoms with Crippen molar-refractivity contribution in [2.75, 3.05) is 18.5 Å². The molecule has 1 aromatic carbocycles. The summed E-state index contributed by atoms with van der Waals surface area (Å²) in [6.45, 7) is 8.13. The fourth-order valence-electron chi connectivity index (χ4n) is 6.04. The highest BCUT2D eigenvalue weighted by Crippen LogP contribution is 2.68. The molecule has 34 heavy (non-hydrogen) atoms. The van der Waals surface area contributed by atoms with Crippen molar-refractivity contribution in [3.63, 3.8) is 0 Å². The third-order valence-corrected chi connectivity index (χ3v) is 10.9. The molecule has 4 rings (SSSR count). The summed E-state index contributed by atoms with van der Waals surface area (Å²) in [6, 6.07) is 4.60. The summed E-state index contributed by atoms with van der Waals surface area (Å²) in [5, 5.41) is 16.2. The van der Waals surface area contributed by atoms with Gasteiger partial charge in [0, 0.05) is 22.3 Å². The van der Waals surface area contributed by atoms with Crippen LogP contribution >= 0.6 is 27.7 Å². The molecular formula is C25H34BrN3O4S. The van der Waals surface area contributed by atoms with Crippen molar-refractivity contribution < 1.29 is 19.5 Å². The van der Waals surface area contributed by atoms with Crippen LogP contribution < -0.4 is 10.6 Å². The van der Waals surface area contributed by atoms with Crippen LogP contribution in [0, 0.1) is 25.7 Å². The predicted octanol–water partition coefficient (Wildman–Crippen LogP) is 3.00. The number of aliphatic hydroxyl groups excluding tert-OH is 1. The van der Waals surface area contributed by atoms with Gasteiger partial charge in [0.1, 0.15) is 6.04 Å². The number of anilines is 1. The lowest BCUT2D eigenvalue weighted by atomic mass is 9.70. The number of hydrogen-bond acceptors (Lipinski definition) is 5. The molecule has 0 aliphatic carbocycles. The van der Waals surface area contributed by atoms with Crippen molar-refractivity contribution >= 4 is 51.1 Å². The first kappa shape index (κ1) is 25.5. The predicted molar refractivity (Wildman–Crippen MR) is 138 cm³/mol. The average molecular weight is 553 g/mol. The molecule has 1 aromatic rings. The second kappa shape index (κ2) is 9.82. The first-order valence-corrected chi connectivity index (χ1v) is 13.9. The number of nitrogens with zero attached hydrogens (tertiary/aromatic N) is 1. The molecular weight excluding hydrogens is 518 g/mol. The summed E-state index contributed by atoms with van der Waals surface area (Å²) in [5.41, 5.74) is 2.65. The first-order valence-electron chi connectivity index (χ1n) is 12.1. The number of aliphatic hydroxyl groups is 1. The van der Waals surface area contributed by atoms with Crippen molar-refractivity contribution in [1.29, 1.82) is 0 Å². The lowest BCUT2D eigenvalue weighted by Gasteiger charge is -2.37. The van der Waals surface area contributed by atoms with E-state index >= 15 is 0 Å². The van der Waals surface area contributed by atoms with Crippen LogP contribution in [0.3, 0.4) is 0 Å². The number of rotatable bonds is 8. The molecule has 2 bridgehead atoms. The normalized spacial score (nSPS) is 32.6. The molecule has 3 fully saturated rings. The third-order valence-electron chi connectivity index (χ3n) is 7.63. The minimum absolute atomic E-state index is 0.0311. The Morgan fingerprint density at radius 2 is 1.94 bits per heavy atom. The summed E-state index contributed by atoms with van der Waals surface area (Å²) in [4.78, 5) is 42.8. The molecule has 7 atom stereocenters. The number of fused-ring (bicyclic) bond motifs is 1. The molecule has 3 aliphatic rings. The molecule has 0 aromatic heterocycles. The van der Waals surface area contributed by atoms with Crippen LogP contribution in [0.5, 0.6) is 0 Å². The summed E-state index contributed by atoms with van der Waals surface area (Å²) in [6.07, 6.45) is 1.96. The molecule has 3 saturated heterocycles. The van der Waals surface area contributed by atoms with Crippen LogP contribution in [0.4, 0.5) is 5.69 Å².